The maximum absolute atomic E-state index is 9.99. The lowest BCUT2D eigenvalue weighted by Crippen LogP contribution is -2.45. The summed E-state index contributed by atoms with van der Waals surface area (Å²) in [5.74, 6) is 0. The molecule has 2 rings (SSSR count). The molecule has 2 fully saturated rings. The van der Waals surface area contributed by atoms with Gasteiger partial charge < -0.3 is 54.0 Å². The van der Waals surface area contributed by atoms with Crippen molar-refractivity contribution in [2.24, 2.45) is 0 Å². The summed E-state index contributed by atoms with van der Waals surface area (Å²) >= 11 is 0. The van der Waals surface area contributed by atoms with E-state index in [-0.39, 0.29) is 6.61 Å². The first-order valence-electron chi connectivity index (χ1n) is 8.23. The SMILES string of the molecule is COC(CO[C@@H]1O[C@@H](C(O)CO)[C@H](O)[C@H]1O)[C@@H]1O[C@@H](O)[C@H](OC)[C@H]1OC. The number of hydrogen-bond acceptors (Lipinski definition) is 11. The molecule has 2 heterocycles. The van der Waals surface area contributed by atoms with Gasteiger partial charge >= 0.3 is 0 Å². The van der Waals surface area contributed by atoms with Crippen LogP contribution in [0.4, 0.5) is 0 Å². The molecule has 11 heteroatoms. The van der Waals surface area contributed by atoms with Crippen LogP contribution in [0.5, 0.6) is 0 Å². The van der Waals surface area contributed by atoms with Crippen LogP contribution < -0.4 is 0 Å². The quantitative estimate of drug-likeness (QED) is 0.269. The molecule has 0 amide bonds. The Labute approximate surface area is 150 Å². The Morgan fingerprint density at radius 2 is 1.58 bits per heavy atom. The third-order valence-corrected chi connectivity index (χ3v) is 4.69. The summed E-state index contributed by atoms with van der Waals surface area (Å²) in [5.41, 5.74) is 0. The number of ether oxygens (including phenoxy) is 6. The molecule has 0 spiro atoms. The fourth-order valence-corrected chi connectivity index (χ4v) is 3.20. The van der Waals surface area contributed by atoms with Gasteiger partial charge in [0, 0.05) is 21.3 Å². The van der Waals surface area contributed by atoms with E-state index in [9.17, 15) is 20.4 Å². The molecule has 0 bridgehead atoms. The zero-order valence-electron chi connectivity index (χ0n) is 14.9. The van der Waals surface area contributed by atoms with Gasteiger partial charge in [-0.25, -0.2) is 0 Å². The second kappa shape index (κ2) is 9.66. The van der Waals surface area contributed by atoms with Gasteiger partial charge in [0.15, 0.2) is 12.6 Å². The van der Waals surface area contributed by atoms with Crippen LogP contribution in [-0.2, 0) is 28.4 Å². The third-order valence-electron chi connectivity index (χ3n) is 4.69. The van der Waals surface area contributed by atoms with E-state index in [0.717, 1.165) is 0 Å². The summed E-state index contributed by atoms with van der Waals surface area (Å²) in [6.07, 6.45) is -10.6. The van der Waals surface area contributed by atoms with Gasteiger partial charge in [-0.3, -0.25) is 0 Å². The molecular weight excluding hydrogens is 356 g/mol. The zero-order valence-corrected chi connectivity index (χ0v) is 14.9. The van der Waals surface area contributed by atoms with Gasteiger partial charge in [-0.15, -0.1) is 0 Å². The van der Waals surface area contributed by atoms with Gasteiger partial charge in [-0.1, -0.05) is 0 Å². The van der Waals surface area contributed by atoms with Crippen LogP contribution in [0.15, 0.2) is 0 Å². The molecule has 0 aromatic heterocycles. The van der Waals surface area contributed by atoms with Crippen molar-refractivity contribution in [2.75, 3.05) is 34.5 Å². The van der Waals surface area contributed by atoms with Crippen LogP contribution in [0.1, 0.15) is 0 Å². The summed E-state index contributed by atoms with van der Waals surface area (Å²) in [6, 6.07) is 0. The topological polar surface area (TPSA) is 157 Å². The molecule has 10 atom stereocenters. The van der Waals surface area contributed by atoms with E-state index in [4.69, 9.17) is 33.5 Å². The Balaban J connectivity index is 1.96. The molecule has 0 aromatic carbocycles. The fraction of sp³-hybridized carbons (Fsp3) is 1.00. The summed E-state index contributed by atoms with van der Waals surface area (Å²) in [7, 11) is 4.27. The monoisotopic (exact) mass is 384 g/mol. The Bertz CT molecular complexity index is 424. The van der Waals surface area contributed by atoms with Crippen molar-refractivity contribution in [3.63, 3.8) is 0 Å². The van der Waals surface area contributed by atoms with Gasteiger partial charge in [0.25, 0.3) is 0 Å². The van der Waals surface area contributed by atoms with Gasteiger partial charge in [0.1, 0.15) is 48.8 Å². The van der Waals surface area contributed by atoms with E-state index in [1.54, 1.807) is 0 Å². The van der Waals surface area contributed by atoms with E-state index in [1.165, 1.54) is 21.3 Å². The molecule has 2 unspecified atom stereocenters. The second-order valence-corrected chi connectivity index (χ2v) is 6.20. The van der Waals surface area contributed by atoms with Crippen molar-refractivity contribution in [3.8, 4) is 0 Å². The smallest absolute Gasteiger partial charge is 0.186 e. The molecule has 154 valence electrons. The highest BCUT2D eigenvalue weighted by Crippen LogP contribution is 2.29. The molecule has 0 aliphatic carbocycles. The lowest BCUT2D eigenvalue weighted by molar-refractivity contribution is -0.210. The summed E-state index contributed by atoms with van der Waals surface area (Å²) in [4.78, 5) is 0. The Kier molecular flexibility index (Phi) is 8.12. The first kappa shape index (κ1) is 21.9. The molecule has 0 saturated carbocycles. The molecule has 5 N–H and O–H groups in total. The van der Waals surface area contributed by atoms with E-state index in [2.05, 4.69) is 0 Å². The van der Waals surface area contributed by atoms with E-state index in [0.29, 0.717) is 0 Å². The highest BCUT2D eigenvalue weighted by Gasteiger charge is 2.50. The molecule has 2 saturated heterocycles. The van der Waals surface area contributed by atoms with E-state index >= 15 is 0 Å². The lowest BCUT2D eigenvalue weighted by atomic mass is 10.1. The standard InChI is InChI=1S/C15H28O11/c1-21-7(11-12(22-2)13(23-3)14(20)25-11)5-24-15-9(19)8(18)10(26-15)6(17)4-16/h6-20H,4-5H2,1-3H3/t6?,7?,8-,9-,10+,11+,12+,13-,14-,15-/m1/s1. The number of hydrogen-bond donors (Lipinski definition) is 5. The summed E-state index contributed by atoms with van der Waals surface area (Å²) in [5, 5.41) is 48.4. The maximum Gasteiger partial charge on any atom is 0.186 e. The minimum atomic E-state index is -1.42. The van der Waals surface area contributed by atoms with Crippen molar-refractivity contribution in [3.05, 3.63) is 0 Å². The number of aliphatic hydroxyl groups is 5. The molecule has 2 aliphatic heterocycles. The van der Waals surface area contributed by atoms with Crippen molar-refractivity contribution in [1.82, 2.24) is 0 Å². The number of methoxy groups -OCH3 is 3. The minimum absolute atomic E-state index is 0.124. The van der Waals surface area contributed by atoms with Crippen LogP contribution >= 0.6 is 0 Å². The Morgan fingerprint density at radius 1 is 0.923 bits per heavy atom. The Morgan fingerprint density at radius 3 is 2.12 bits per heavy atom. The fourth-order valence-electron chi connectivity index (χ4n) is 3.20. The van der Waals surface area contributed by atoms with Crippen molar-refractivity contribution in [1.29, 1.82) is 0 Å². The predicted octanol–water partition coefficient (Wildman–Crippen LogP) is -3.43. The van der Waals surface area contributed by atoms with Crippen molar-refractivity contribution >= 4 is 0 Å². The van der Waals surface area contributed by atoms with E-state index in [1.807, 2.05) is 0 Å². The van der Waals surface area contributed by atoms with Gasteiger partial charge in [-0.2, -0.15) is 0 Å². The highest BCUT2D eigenvalue weighted by atomic mass is 16.7. The Hall–Kier alpha value is -0.440. The summed E-state index contributed by atoms with van der Waals surface area (Å²) in [6.45, 7) is -0.760. The first-order chi connectivity index (χ1) is 12.4. The molecule has 26 heavy (non-hydrogen) atoms. The van der Waals surface area contributed by atoms with Crippen LogP contribution in [0.25, 0.3) is 0 Å². The molecule has 11 nitrogen and oxygen atoms in total. The molecule has 0 radical (unpaired) electrons. The van der Waals surface area contributed by atoms with Crippen LogP contribution in [0.3, 0.4) is 0 Å². The number of rotatable bonds is 9. The van der Waals surface area contributed by atoms with Crippen LogP contribution in [-0.4, -0.2) is 121 Å². The highest BCUT2D eigenvalue weighted by molar-refractivity contribution is 4.94. The van der Waals surface area contributed by atoms with Crippen molar-refractivity contribution in [2.45, 2.75) is 61.4 Å². The van der Waals surface area contributed by atoms with Gasteiger partial charge in [-0.05, 0) is 0 Å². The predicted molar refractivity (Wildman–Crippen MR) is 83.0 cm³/mol. The molecule has 2 aliphatic rings. The average molecular weight is 384 g/mol. The maximum atomic E-state index is 9.99. The molecule has 0 aromatic rings. The summed E-state index contributed by atoms with van der Waals surface area (Å²) < 4.78 is 32.0. The van der Waals surface area contributed by atoms with Gasteiger partial charge in [0.05, 0.1) is 13.2 Å². The van der Waals surface area contributed by atoms with E-state index < -0.39 is 68.0 Å². The average Bonchev–Trinajstić information content (AvgIpc) is 3.12. The minimum Gasteiger partial charge on any atom is -0.394 e. The van der Waals surface area contributed by atoms with Crippen molar-refractivity contribution < 1.29 is 54.0 Å². The third kappa shape index (κ3) is 4.34. The lowest BCUT2D eigenvalue weighted by Gasteiger charge is -2.28. The first-order valence-corrected chi connectivity index (χ1v) is 8.23. The largest absolute Gasteiger partial charge is 0.394 e. The number of aliphatic hydroxyl groups excluding tert-OH is 5. The molecular formula is C15H28O11. The second-order valence-electron chi connectivity index (χ2n) is 6.20. The van der Waals surface area contributed by atoms with Crippen LogP contribution in [0.2, 0.25) is 0 Å². The normalized spacial score (nSPS) is 42.9. The van der Waals surface area contributed by atoms with Gasteiger partial charge in [0.2, 0.25) is 0 Å². The van der Waals surface area contributed by atoms with Crippen LogP contribution in [0, 0.1) is 0 Å². The zero-order chi connectivity index (χ0) is 19.4.